The van der Waals surface area contributed by atoms with Crippen molar-refractivity contribution in [1.29, 1.82) is 0 Å². The van der Waals surface area contributed by atoms with Crippen molar-refractivity contribution in [3.05, 3.63) is 23.8 Å². The summed E-state index contributed by atoms with van der Waals surface area (Å²) in [5.41, 5.74) is 1.45. The Morgan fingerprint density at radius 2 is 1.88 bits per heavy atom. The molecule has 2 saturated heterocycles. The molecular formula is C20H32N2O3. The summed E-state index contributed by atoms with van der Waals surface area (Å²) in [6.07, 6.45) is 1.17. The molecule has 0 radical (unpaired) electrons. The van der Waals surface area contributed by atoms with Crippen molar-refractivity contribution in [3.63, 3.8) is 0 Å². The van der Waals surface area contributed by atoms with Crippen molar-refractivity contribution < 1.29 is 14.2 Å². The van der Waals surface area contributed by atoms with Crippen LogP contribution in [-0.4, -0.2) is 75.5 Å². The first-order chi connectivity index (χ1) is 12.0. The van der Waals surface area contributed by atoms with Crippen molar-refractivity contribution in [2.45, 2.75) is 31.7 Å². The van der Waals surface area contributed by atoms with Gasteiger partial charge in [0.2, 0.25) is 0 Å². The standard InChI is InChI=1S/C20H32N2O3/c1-20(2,22-9-11-25-12-10-22)15-21-8-7-16(14-21)18-13-17(23-3)5-6-19(18)24-4/h5-6,13,16H,7-12,14-15H2,1-4H3. The molecule has 25 heavy (non-hydrogen) atoms. The molecule has 1 aromatic carbocycles. The van der Waals surface area contributed by atoms with E-state index in [2.05, 4.69) is 29.7 Å². The number of hydrogen-bond donors (Lipinski definition) is 0. The lowest BCUT2D eigenvalue weighted by molar-refractivity contribution is -0.0197. The SMILES string of the molecule is COc1ccc(OC)c(C2CCN(CC(C)(C)N3CCOCC3)C2)c1. The summed E-state index contributed by atoms with van der Waals surface area (Å²) in [7, 11) is 3.47. The van der Waals surface area contributed by atoms with Crippen LogP contribution in [0.4, 0.5) is 0 Å². The molecule has 0 aromatic heterocycles. The Balaban J connectivity index is 1.65. The van der Waals surface area contributed by atoms with Gasteiger partial charge in [0.1, 0.15) is 11.5 Å². The van der Waals surface area contributed by atoms with Gasteiger partial charge in [-0.25, -0.2) is 0 Å². The van der Waals surface area contributed by atoms with Crippen LogP contribution in [0.15, 0.2) is 18.2 Å². The van der Waals surface area contributed by atoms with Crippen LogP contribution in [0.3, 0.4) is 0 Å². The van der Waals surface area contributed by atoms with Gasteiger partial charge in [0.25, 0.3) is 0 Å². The third-order valence-corrected chi connectivity index (χ3v) is 5.63. The van der Waals surface area contributed by atoms with E-state index >= 15 is 0 Å². The van der Waals surface area contributed by atoms with E-state index in [0.717, 1.165) is 57.4 Å². The lowest BCUT2D eigenvalue weighted by Gasteiger charge is -2.43. The minimum absolute atomic E-state index is 0.178. The maximum atomic E-state index is 5.59. The molecule has 1 unspecified atom stereocenters. The smallest absolute Gasteiger partial charge is 0.122 e. The lowest BCUT2D eigenvalue weighted by Crippen LogP contribution is -2.55. The summed E-state index contributed by atoms with van der Waals surface area (Å²) < 4.78 is 16.5. The van der Waals surface area contributed by atoms with Gasteiger partial charge in [0.05, 0.1) is 27.4 Å². The molecule has 5 nitrogen and oxygen atoms in total. The zero-order valence-corrected chi connectivity index (χ0v) is 16.1. The van der Waals surface area contributed by atoms with Gasteiger partial charge >= 0.3 is 0 Å². The molecule has 2 aliphatic rings. The second-order valence-corrected chi connectivity index (χ2v) is 7.74. The molecule has 3 rings (SSSR count). The maximum Gasteiger partial charge on any atom is 0.122 e. The zero-order valence-electron chi connectivity index (χ0n) is 16.1. The van der Waals surface area contributed by atoms with Crippen molar-refractivity contribution in [1.82, 2.24) is 9.80 Å². The molecule has 0 spiro atoms. The average Bonchev–Trinajstić information content (AvgIpc) is 3.09. The van der Waals surface area contributed by atoms with Gasteiger partial charge in [-0.05, 0) is 45.0 Å². The first kappa shape index (κ1) is 18.5. The second-order valence-electron chi connectivity index (χ2n) is 7.74. The zero-order chi connectivity index (χ0) is 17.9. The number of nitrogens with zero attached hydrogens (tertiary/aromatic N) is 2. The molecule has 0 aliphatic carbocycles. The van der Waals surface area contributed by atoms with Gasteiger partial charge in [-0.15, -0.1) is 0 Å². The molecular weight excluding hydrogens is 316 g/mol. The Bertz CT molecular complexity index is 570. The highest BCUT2D eigenvalue weighted by molar-refractivity contribution is 5.43. The Hall–Kier alpha value is -1.30. The predicted molar refractivity (Wildman–Crippen MR) is 99.8 cm³/mol. The molecule has 2 fully saturated rings. The topological polar surface area (TPSA) is 34.2 Å². The number of likely N-dealkylation sites (tertiary alicyclic amines) is 1. The summed E-state index contributed by atoms with van der Waals surface area (Å²) in [6, 6.07) is 6.13. The molecule has 2 heterocycles. The number of methoxy groups -OCH3 is 2. The van der Waals surface area contributed by atoms with Crippen LogP contribution in [0.1, 0.15) is 31.7 Å². The molecule has 0 N–H and O–H groups in total. The summed E-state index contributed by atoms with van der Waals surface area (Å²) in [6.45, 7) is 11.8. The number of morpholine rings is 1. The fourth-order valence-electron chi connectivity index (χ4n) is 4.20. The summed E-state index contributed by atoms with van der Waals surface area (Å²) in [4.78, 5) is 5.16. The lowest BCUT2D eigenvalue weighted by atomic mass is 9.97. The van der Waals surface area contributed by atoms with Gasteiger partial charge in [-0.2, -0.15) is 0 Å². The fourth-order valence-corrected chi connectivity index (χ4v) is 4.20. The van der Waals surface area contributed by atoms with Crippen LogP contribution in [0, 0.1) is 0 Å². The fraction of sp³-hybridized carbons (Fsp3) is 0.700. The Labute approximate surface area is 151 Å². The minimum Gasteiger partial charge on any atom is -0.497 e. The van der Waals surface area contributed by atoms with E-state index in [1.54, 1.807) is 14.2 Å². The van der Waals surface area contributed by atoms with Crippen LogP contribution in [-0.2, 0) is 4.74 Å². The third kappa shape index (κ3) is 4.27. The molecule has 0 saturated carbocycles. The van der Waals surface area contributed by atoms with E-state index in [4.69, 9.17) is 14.2 Å². The molecule has 1 atom stereocenters. The highest BCUT2D eigenvalue weighted by atomic mass is 16.5. The van der Waals surface area contributed by atoms with E-state index in [9.17, 15) is 0 Å². The monoisotopic (exact) mass is 348 g/mol. The highest BCUT2D eigenvalue weighted by Gasteiger charge is 2.34. The van der Waals surface area contributed by atoms with Crippen LogP contribution >= 0.6 is 0 Å². The predicted octanol–water partition coefficient (Wildman–Crippen LogP) is 2.60. The van der Waals surface area contributed by atoms with Crippen LogP contribution in [0.25, 0.3) is 0 Å². The van der Waals surface area contributed by atoms with Gasteiger partial charge < -0.3 is 19.1 Å². The normalized spacial score (nSPS) is 23.0. The Kier molecular flexibility index (Phi) is 5.87. The van der Waals surface area contributed by atoms with Crippen molar-refractivity contribution in [2.75, 3.05) is 60.2 Å². The van der Waals surface area contributed by atoms with E-state index < -0.39 is 0 Å². The van der Waals surface area contributed by atoms with Gasteiger partial charge in [-0.3, -0.25) is 4.90 Å². The Morgan fingerprint density at radius 1 is 1.12 bits per heavy atom. The molecule has 0 amide bonds. The van der Waals surface area contributed by atoms with Gasteiger partial charge in [0.15, 0.2) is 0 Å². The molecule has 0 bridgehead atoms. The molecule has 140 valence electrons. The average molecular weight is 348 g/mol. The van der Waals surface area contributed by atoms with E-state index in [-0.39, 0.29) is 5.54 Å². The van der Waals surface area contributed by atoms with Gasteiger partial charge in [-0.1, -0.05) is 0 Å². The van der Waals surface area contributed by atoms with Crippen molar-refractivity contribution >= 4 is 0 Å². The number of ether oxygens (including phenoxy) is 3. The van der Waals surface area contributed by atoms with E-state index in [0.29, 0.717) is 5.92 Å². The van der Waals surface area contributed by atoms with Crippen LogP contribution < -0.4 is 9.47 Å². The van der Waals surface area contributed by atoms with Crippen LogP contribution in [0.2, 0.25) is 0 Å². The Morgan fingerprint density at radius 3 is 2.56 bits per heavy atom. The summed E-state index contributed by atoms with van der Waals surface area (Å²) in [5, 5.41) is 0. The first-order valence-corrected chi connectivity index (χ1v) is 9.30. The highest BCUT2D eigenvalue weighted by Crippen LogP contribution is 2.36. The van der Waals surface area contributed by atoms with Crippen molar-refractivity contribution in [2.24, 2.45) is 0 Å². The van der Waals surface area contributed by atoms with Crippen molar-refractivity contribution in [3.8, 4) is 11.5 Å². The third-order valence-electron chi connectivity index (χ3n) is 5.63. The van der Waals surface area contributed by atoms with Gasteiger partial charge in [0, 0.05) is 43.2 Å². The van der Waals surface area contributed by atoms with E-state index in [1.807, 2.05) is 12.1 Å². The van der Waals surface area contributed by atoms with Crippen LogP contribution in [0.5, 0.6) is 11.5 Å². The number of rotatable bonds is 6. The maximum absolute atomic E-state index is 5.59. The van der Waals surface area contributed by atoms with E-state index in [1.165, 1.54) is 12.0 Å². The largest absolute Gasteiger partial charge is 0.497 e. The molecule has 2 aliphatic heterocycles. The molecule has 5 heteroatoms. The number of benzene rings is 1. The second kappa shape index (κ2) is 7.94. The number of hydrogen-bond acceptors (Lipinski definition) is 5. The summed E-state index contributed by atoms with van der Waals surface area (Å²) in [5.74, 6) is 2.38. The quantitative estimate of drug-likeness (QED) is 0.789. The summed E-state index contributed by atoms with van der Waals surface area (Å²) >= 11 is 0. The first-order valence-electron chi connectivity index (χ1n) is 9.30. The minimum atomic E-state index is 0.178. The molecule has 1 aromatic rings.